The summed E-state index contributed by atoms with van der Waals surface area (Å²) in [6.45, 7) is 6.69. The van der Waals surface area contributed by atoms with Gasteiger partial charge in [0.05, 0.1) is 19.3 Å². The Hall–Kier alpha value is -1.75. The number of aromatic nitrogens is 3. The van der Waals surface area contributed by atoms with Gasteiger partial charge in [-0.3, -0.25) is 0 Å². The van der Waals surface area contributed by atoms with Crippen molar-refractivity contribution < 1.29 is 4.74 Å². The number of ether oxygens (including phenoxy) is 1. The largest absolute Gasteiger partial charge is 0.495 e. The third-order valence-corrected chi connectivity index (χ3v) is 3.46. The van der Waals surface area contributed by atoms with Gasteiger partial charge in [0.25, 0.3) is 0 Å². The molecule has 0 spiro atoms. The lowest BCUT2D eigenvalue weighted by Gasteiger charge is -2.14. The van der Waals surface area contributed by atoms with Crippen LogP contribution >= 0.6 is 11.6 Å². The van der Waals surface area contributed by atoms with E-state index in [9.17, 15) is 0 Å². The third kappa shape index (κ3) is 3.04. The maximum absolute atomic E-state index is 6.10. The summed E-state index contributed by atoms with van der Waals surface area (Å²) in [5, 5.41) is 8.23. The number of nitrogens with zero attached hydrogens (tertiary/aromatic N) is 3. The van der Waals surface area contributed by atoms with E-state index in [-0.39, 0.29) is 6.04 Å². The Kier molecular flexibility index (Phi) is 4.49. The zero-order valence-corrected chi connectivity index (χ0v) is 12.9. The molecule has 5 nitrogen and oxygen atoms in total. The molecule has 20 heavy (non-hydrogen) atoms. The van der Waals surface area contributed by atoms with Crippen LogP contribution in [0.25, 0.3) is 0 Å². The van der Waals surface area contributed by atoms with Gasteiger partial charge in [0, 0.05) is 17.1 Å². The van der Waals surface area contributed by atoms with Gasteiger partial charge in [0.15, 0.2) is 0 Å². The van der Waals surface area contributed by atoms with E-state index in [1.807, 2.05) is 23.7 Å². The highest BCUT2D eigenvalue weighted by Crippen LogP contribution is 2.31. The van der Waals surface area contributed by atoms with Crippen LogP contribution in [0.5, 0.6) is 5.75 Å². The number of nitrogens with one attached hydrogen (secondary N) is 1. The molecule has 0 saturated heterocycles. The van der Waals surface area contributed by atoms with Crippen molar-refractivity contribution in [3.8, 4) is 5.75 Å². The average Bonchev–Trinajstić information content (AvgIpc) is 2.88. The quantitative estimate of drug-likeness (QED) is 0.918. The van der Waals surface area contributed by atoms with E-state index in [2.05, 4.69) is 29.2 Å². The molecule has 2 rings (SSSR count). The van der Waals surface area contributed by atoms with Crippen molar-refractivity contribution in [2.24, 2.45) is 0 Å². The molecule has 0 saturated carbocycles. The van der Waals surface area contributed by atoms with Gasteiger partial charge in [-0.15, -0.1) is 0 Å². The fraction of sp³-hybridized carbons (Fsp3) is 0.429. The lowest BCUT2D eigenvalue weighted by Crippen LogP contribution is -2.12. The van der Waals surface area contributed by atoms with Crippen LogP contribution in [0.15, 0.2) is 18.5 Å². The number of rotatable bonds is 5. The topological polar surface area (TPSA) is 52.0 Å². The van der Waals surface area contributed by atoms with E-state index in [0.29, 0.717) is 11.6 Å². The van der Waals surface area contributed by atoms with Gasteiger partial charge in [0.1, 0.15) is 17.9 Å². The number of anilines is 1. The van der Waals surface area contributed by atoms with Gasteiger partial charge in [-0.05, 0) is 32.4 Å². The van der Waals surface area contributed by atoms with Crippen LogP contribution in [0.3, 0.4) is 0 Å². The first-order chi connectivity index (χ1) is 9.52. The molecule has 2 aromatic rings. The number of hydrogen-bond donors (Lipinski definition) is 1. The van der Waals surface area contributed by atoms with Crippen LogP contribution in [-0.2, 0) is 6.54 Å². The summed E-state index contributed by atoms with van der Waals surface area (Å²) < 4.78 is 7.23. The van der Waals surface area contributed by atoms with Gasteiger partial charge < -0.3 is 10.1 Å². The molecule has 0 aliphatic carbocycles. The second kappa shape index (κ2) is 6.13. The molecule has 0 fully saturated rings. The first-order valence-electron chi connectivity index (χ1n) is 6.49. The molecule has 0 radical (unpaired) electrons. The lowest BCUT2D eigenvalue weighted by molar-refractivity contribution is 0.416. The molecule has 0 bridgehead atoms. The fourth-order valence-electron chi connectivity index (χ4n) is 1.98. The molecule has 0 aliphatic heterocycles. The Morgan fingerprint density at radius 2 is 2.15 bits per heavy atom. The molecule has 0 amide bonds. The van der Waals surface area contributed by atoms with E-state index >= 15 is 0 Å². The first kappa shape index (κ1) is 14.7. The summed E-state index contributed by atoms with van der Waals surface area (Å²) in [4.78, 5) is 4.27. The van der Waals surface area contributed by atoms with E-state index in [4.69, 9.17) is 16.3 Å². The predicted octanol–water partition coefficient (Wildman–Crippen LogP) is 3.44. The van der Waals surface area contributed by atoms with E-state index in [0.717, 1.165) is 22.8 Å². The van der Waals surface area contributed by atoms with Crippen LogP contribution in [-0.4, -0.2) is 21.9 Å². The molecule has 1 aromatic heterocycles. The highest BCUT2D eigenvalue weighted by Gasteiger charge is 2.10. The maximum Gasteiger partial charge on any atom is 0.146 e. The van der Waals surface area contributed by atoms with Crippen molar-refractivity contribution in [1.82, 2.24) is 14.8 Å². The summed E-state index contributed by atoms with van der Waals surface area (Å²) in [5.74, 6) is 1.60. The van der Waals surface area contributed by atoms with Crippen molar-refractivity contribution in [2.75, 3.05) is 12.4 Å². The Balaban J connectivity index is 2.18. The summed E-state index contributed by atoms with van der Waals surface area (Å²) in [6.07, 6.45) is 1.57. The Bertz CT molecular complexity index is 595. The zero-order valence-electron chi connectivity index (χ0n) is 12.1. The van der Waals surface area contributed by atoms with Crippen LogP contribution in [0.2, 0.25) is 5.02 Å². The molecule has 6 heteroatoms. The monoisotopic (exact) mass is 294 g/mol. The molecule has 1 heterocycles. The van der Waals surface area contributed by atoms with Gasteiger partial charge in [-0.2, -0.15) is 5.10 Å². The standard InChI is InChI=1S/C14H19ClN4O/c1-9(2)19-14(17-8-18-19)7-16-12-5-10(3)11(15)6-13(12)20-4/h5-6,8-9,16H,7H2,1-4H3. The minimum absolute atomic E-state index is 0.281. The van der Waals surface area contributed by atoms with Gasteiger partial charge >= 0.3 is 0 Å². The smallest absolute Gasteiger partial charge is 0.146 e. The maximum atomic E-state index is 6.10. The Morgan fingerprint density at radius 3 is 2.80 bits per heavy atom. The van der Waals surface area contributed by atoms with E-state index in [1.54, 1.807) is 13.4 Å². The number of hydrogen-bond acceptors (Lipinski definition) is 4. The summed E-state index contributed by atoms with van der Waals surface area (Å²) >= 11 is 6.10. The molecule has 0 atom stereocenters. The lowest BCUT2D eigenvalue weighted by atomic mass is 10.2. The first-order valence-corrected chi connectivity index (χ1v) is 6.87. The average molecular weight is 295 g/mol. The molecular formula is C14H19ClN4O. The van der Waals surface area contributed by atoms with Crippen LogP contribution in [0.1, 0.15) is 31.3 Å². The van der Waals surface area contributed by atoms with Crippen LogP contribution in [0.4, 0.5) is 5.69 Å². The van der Waals surface area contributed by atoms with Crippen molar-refractivity contribution in [3.05, 3.63) is 34.9 Å². The van der Waals surface area contributed by atoms with Crippen molar-refractivity contribution in [3.63, 3.8) is 0 Å². The molecule has 1 aromatic carbocycles. The normalized spacial score (nSPS) is 10.9. The number of aryl methyl sites for hydroxylation is 1. The summed E-state index contributed by atoms with van der Waals surface area (Å²) in [5.41, 5.74) is 1.90. The number of halogens is 1. The zero-order chi connectivity index (χ0) is 14.7. The number of benzene rings is 1. The second-order valence-electron chi connectivity index (χ2n) is 4.87. The van der Waals surface area contributed by atoms with E-state index in [1.165, 1.54) is 0 Å². The Morgan fingerprint density at radius 1 is 1.40 bits per heavy atom. The van der Waals surface area contributed by atoms with Crippen molar-refractivity contribution in [2.45, 2.75) is 33.4 Å². The fourth-order valence-corrected chi connectivity index (χ4v) is 2.13. The van der Waals surface area contributed by atoms with Crippen LogP contribution < -0.4 is 10.1 Å². The third-order valence-electron chi connectivity index (χ3n) is 3.05. The summed E-state index contributed by atoms with van der Waals surface area (Å²) in [6, 6.07) is 4.06. The van der Waals surface area contributed by atoms with Crippen molar-refractivity contribution >= 4 is 17.3 Å². The molecule has 1 N–H and O–H groups in total. The minimum Gasteiger partial charge on any atom is -0.495 e. The van der Waals surface area contributed by atoms with E-state index < -0.39 is 0 Å². The highest BCUT2D eigenvalue weighted by molar-refractivity contribution is 6.31. The minimum atomic E-state index is 0.281. The highest BCUT2D eigenvalue weighted by atomic mass is 35.5. The van der Waals surface area contributed by atoms with Gasteiger partial charge in [-0.1, -0.05) is 11.6 Å². The predicted molar refractivity (Wildman–Crippen MR) is 80.5 cm³/mol. The van der Waals surface area contributed by atoms with Gasteiger partial charge in [0.2, 0.25) is 0 Å². The molecular weight excluding hydrogens is 276 g/mol. The molecule has 0 aliphatic rings. The molecule has 0 unspecified atom stereocenters. The van der Waals surface area contributed by atoms with Crippen molar-refractivity contribution in [1.29, 1.82) is 0 Å². The van der Waals surface area contributed by atoms with Crippen LogP contribution in [0, 0.1) is 6.92 Å². The SMILES string of the molecule is COc1cc(Cl)c(C)cc1NCc1ncnn1C(C)C. The number of methoxy groups -OCH3 is 1. The summed E-state index contributed by atoms with van der Waals surface area (Å²) in [7, 11) is 1.63. The molecule has 108 valence electrons. The van der Waals surface area contributed by atoms with Gasteiger partial charge in [-0.25, -0.2) is 9.67 Å². The second-order valence-corrected chi connectivity index (χ2v) is 5.28. The Labute approximate surface area is 123 Å².